The molecule has 9 heteroatoms. The number of nitrogens with one attached hydrogen (secondary N) is 3. The molecule has 0 saturated carbocycles. The van der Waals surface area contributed by atoms with Gasteiger partial charge in [0, 0.05) is 37.9 Å². The minimum atomic E-state index is -3.12. The monoisotopic (exact) mass is 358 g/mol. The van der Waals surface area contributed by atoms with Crippen LogP contribution in [0, 0.1) is 13.8 Å². The second kappa shape index (κ2) is 9.63. The third kappa shape index (κ3) is 6.48. The first-order valence-electron chi connectivity index (χ1n) is 8.29. The van der Waals surface area contributed by atoms with Gasteiger partial charge in [0.25, 0.3) is 0 Å². The number of aromatic nitrogens is 2. The molecule has 0 aliphatic rings. The van der Waals surface area contributed by atoms with Crippen molar-refractivity contribution >= 4 is 16.0 Å². The Labute approximate surface area is 145 Å². The third-order valence-corrected chi connectivity index (χ3v) is 5.15. The van der Waals surface area contributed by atoms with Gasteiger partial charge in [0.1, 0.15) is 0 Å². The maximum absolute atomic E-state index is 11.3. The van der Waals surface area contributed by atoms with Gasteiger partial charge < -0.3 is 10.6 Å². The second-order valence-electron chi connectivity index (χ2n) is 5.55. The molecule has 24 heavy (non-hydrogen) atoms. The van der Waals surface area contributed by atoms with Crippen molar-refractivity contribution in [1.82, 2.24) is 25.1 Å². The quantitative estimate of drug-likeness (QED) is 0.337. The van der Waals surface area contributed by atoms with E-state index in [2.05, 4.69) is 25.4 Å². The molecular formula is C15H30N6O2S. The number of rotatable bonds is 9. The van der Waals surface area contributed by atoms with Crippen LogP contribution in [0.15, 0.2) is 4.99 Å². The lowest BCUT2D eigenvalue weighted by molar-refractivity contribution is 0.579. The SMILES string of the molecule is CCNC(=NCc1c(C)nn(C)c1C)NCCCNS(=O)(=O)CC. The summed E-state index contributed by atoms with van der Waals surface area (Å²) in [4.78, 5) is 4.58. The van der Waals surface area contributed by atoms with E-state index in [1.165, 1.54) is 0 Å². The number of hydrogen-bond donors (Lipinski definition) is 3. The van der Waals surface area contributed by atoms with Gasteiger partial charge >= 0.3 is 0 Å². The summed E-state index contributed by atoms with van der Waals surface area (Å²) in [6, 6.07) is 0. The van der Waals surface area contributed by atoms with E-state index in [9.17, 15) is 8.42 Å². The van der Waals surface area contributed by atoms with Crippen molar-refractivity contribution in [3.63, 3.8) is 0 Å². The van der Waals surface area contributed by atoms with Crippen LogP contribution in [-0.4, -0.2) is 49.5 Å². The summed E-state index contributed by atoms with van der Waals surface area (Å²) < 4.78 is 27.1. The van der Waals surface area contributed by atoms with E-state index >= 15 is 0 Å². The Morgan fingerprint density at radius 3 is 2.46 bits per heavy atom. The van der Waals surface area contributed by atoms with Crippen molar-refractivity contribution in [2.75, 3.05) is 25.4 Å². The Bertz CT molecular complexity index is 651. The third-order valence-electron chi connectivity index (χ3n) is 3.75. The van der Waals surface area contributed by atoms with Gasteiger partial charge in [-0.3, -0.25) is 4.68 Å². The van der Waals surface area contributed by atoms with Crippen LogP contribution in [0.5, 0.6) is 0 Å². The van der Waals surface area contributed by atoms with Crippen LogP contribution in [0.2, 0.25) is 0 Å². The largest absolute Gasteiger partial charge is 0.357 e. The Balaban J connectivity index is 2.51. The highest BCUT2D eigenvalue weighted by molar-refractivity contribution is 7.89. The van der Waals surface area contributed by atoms with E-state index in [0.717, 1.165) is 29.5 Å². The van der Waals surface area contributed by atoms with E-state index in [1.807, 2.05) is 32.5 Å². The molecule has 0 radical (unpaired) electrons. The zero-order valence-corrected chi connectivity index (χ0v) is 16.1. The van der Waals surface area contributed by atoms with Crippen molar-refractivity contribution < 1.29 is 8.42 Å². The molecule has 0 bridgehead atoms. The number of aliphatic imine (C=N–C) groups is 1. The number of nitrogens with zero attached hydrogens (tertiary/aromatic N) is 3. The summed E-state index contributed by atoms with van der Waals surface area (Å²) in [5.74, 6) is 0.826. The van der Waals surface area contributed by atoms with Crippen molar-refractivity contribution in [2.24, 2.45) is 12.0 Å². The highest BCUT2D eigenvalue weighted by atomic mass is 32.2. The molecule has 0 aliphatic heterocycles. The van der Waals surface area contributed by atoms with Crippen LogP contribution >= 0.6 is 0 Å². The molecule has 1 heterocycles. The number of sulfonamides is 1. The normalized spacial score (nSPS) is 12.5. The van der Waals surface area contributed by atoms with E-state index in [-0.39, 0.29) is 5.75 Å². The molecule has 0 fully saturated rings. The Hall–Kier alpha value is -1.61. The highest BCUT2D eigenvalue weighted by Gasteiger charge is 2.09. The first-order chi connectivity index (χ1) is 11.3. The maximum atomic E-state index is 11.3. The molecule has 0 amide bonds. The number of aryl methyl sites for hydroxylation is 2. The minimum Gasteiger partial charge on any atom is -0.357 e. The summed E-state index contributed by atoms with van der Waals surface area (Å²) in [6.07, 6.45) is 0.689. The molecule has 1 aromatic rings. The fourth-order valence-electron chi connectivity index (χ4n) is 2.17. The molecule has 8 nitrogen and oxygen atoms in total. The zero-order valence-electron chi connectivity index (χ0n) is 15.3. The van der Waals surface area contributed by atoms with Crippen LogP contribution in [-0.2, 0) is 23.6 Å². The average molecular weight is 359 g/mol. The summed E-state index contributed by atoms with van der Waals surface area (Å²) >= 11 is 0. The van der Waals surface area contributed by atoms with Gasteiger partial charge in [-0.2, -0.15) is 5.10 Å². The van der Waals surface area contributed by atoms with Crippen molar-refractivity contribution in [3.8, 4) is 0 Å². The summed E-state index contributed by atoms with van der Waals surface area (Å²) in [7, 11) is -1.19. The molecule has 1 aromatic heterocycles. The lowest BCUT2D eigenvalue weighted by atomic mass is 10.2. The molecule has 138 valence electrons. The maximum Gasteiger partial charge on any atom is 0.211 e. The Kier molecular flexibility index (Phi) is 8.20. The van der Waals surface area contributed by atoms with Crippen molar-refractivity contribution in [3.05, 3.63) is 17.0 Å². The van der Waals surface area contributed by atoms with E-state index in [4.69, 9.17) is 0 Å². The van der Waals surface area contributed by atoms with Gasteiger partial charge in [0.15, 0.2) is 5.96 Å². The summed E-state index contributed by atoms with van der Waals surface area (Å²) in [5, 5.41) is 10.8. The lowest BCUT2D eigenvalue weighted by Crippen LogP contribution is -2.38. The molecule has 0 unspecified atom stereocenters. The standard InChI is InChI=1S/C15H30N6O2S/c1-6-16-15(17-9-8-10-19-24(22,23)7-2)18-11-14-12(3)20-21(5)13(14)4/h19H,6-11H2,1-5H3,(H2,16,17,18). The van der Waals surface area contributed by atoms with Crippen LogP contribution in [0.25, 0.3) is 0 Å². The molecule has 1 rings (SSSR count). The van der Waals surface area contributed by atoms with Gasteiger partial charge in [-0.15, -0.1) is 0 Å². The smallest absolute Gasteiger partial charge is 0.211 e. The molecular weight excluding hydrogens is 328 g/mol. The Morgan fingerprint density at radius 2 is 1.92 bits per heavy atom. The lowest BCUT2D eigenvalue weighted by Gasteiger charge is -2.11. The van der Waals surface area contributed by atoms with Gasteiger partial charge in [-0.25, -0.2) is 18.1 Å². The first kappa shape index (κ1) is 20.4. The van der Waals surface area contributed by atoms with E-state index in [0.29, 0.717) is 26.1 Å². The van der Waals surface area contributed by atoms with Crippen LogP contribution in [0.1, 0.15) is 37.2 Å². The Morgan fingerprint density at radius 1 is 1.21 bits per heavy atom. The fourth-order valence-corrected chi connectivity index (χ4v) is 2.83. The van der Waals surface area contributed by atoms with Crippen LogP contribution in [0.3, 0.4) is 0 Å². The van der Waals surface area contributed by atoms with E-state index < -0.39 is 10.0 Å². The predicted octanol–water partition coefficient (Wildman–Crippen LogP) is 0.421. The molecule has 0 aromatic carbocycles. The second-order valence-corrected chi connectivity index (χ2v) is 7.64. The fraction of sp³-hybridized carbons (Fsp3) is 0.733. The summed E-state index contributed by atoms with van der Waals surface area (Å²) in [6.45, 7) is 10.0. The predicted molar refractivity (Wildman–Crippen MR) is 97.6 cm³/mol. The van der Waals surface area contributed by atoms with E-state index in [1.54, 1.807) is 6.92 Å². The van der Waals surface area contributed by atoms with Crippen LogP contribution in [0.4, 0.5) is 0 Å². The van der Waals surface area contributed by atoms with Gasteiger partial charge in [0.2, 0.25) is 10.0 Å². The first-order valence-corrected chi connectivity index (χ1v) is 9.94. The molecule has 0 atom stereocenters. The number of guanidine groups is 1. The molecule has 0 saturated heterocycles. The summed E-state index contributed by atoms with van der Waals surface area (Å²) in [5.41, 5.74) is 3.23. The molecule has 3 N–H and O–H groups in total. The average Bonchev–Trinajstić information content (AvgIpc) is 2.77. The van der Waals surface area contributed by atoms with Crippen molar-refractivity contribution in [2.45, 2.75) is 40.7 Å². The van der Waals surface area contributed by atoms with Gasteiger partial charge in [-0.1, -0.05) is 0 Å². The van der Waals surface area contributed by atoms with Gasteiger partial charge in [-0.05, 0) is 34.1 Å². The topological polar surface area (TPSA) is 100 Å². The van der Waals surface area contributed by atoms with Crippen LogP contribution < -0.4 is 15.4 Å². The number of hydrogen-bond acceptors (Lipinski definition) is 4. The van der Waals surface area contributed by atoms with Crippen molar-refractivity contribution in [1.29, 1.82) is 0 Å². The highest BCUT2D eigenvalue weighted by Crippen LogP contribution is 2.12. The molecule has 0 spiro atoms. The zero-order chi connectivity index (χ0) is 18.2. The van der Waals surface area contributed by atoms with Gasteiger partial charge in [0.05, 0.1) is 18.0 Å². The minimum absolute atomic E-state index is 0.105. The molecule has 0 aliphatic carbocycles.